The van der Waals surface area contributed by atoms with E-state index in [4.69, 9.17) is 19.8 Å². The fourth-order valence-electron chi connectivity index (χ4n) is 2.15. The number of carboxylic acids is 2. The van der Waals surface area contributed by atoms with Crippen molar-refractivity contribution in [3.8, 4) is 11.3 Å². The number of hydrogen-bond acceptors (Lipinski definition) is 5. The Balaban J connectivity index is 0.000000380. The molecule has 0 saturated heterocycles. The van der Waals surface area contributed by atoms with Crippen LogP contribution in [0.1, 0.15) is 5.56 Å². The van der Waals surface area contributed by atoms with Crippen molar-refractivity contribution in [3.05, 3.63) is 65.0 Å². The normalized spacial score (nSPS) is 9.85. The monoisotopic (exact) mass is 432 g/mol. The smallest absolute Gasteiger partial charge is 0.414 e. The number of pyridine rings is 1. The average Bonchev–Trinajstić information content (AvgIpc) is 3.02. The predicted molar refractivity (Wildman–Crippen MR) is 103 cm³/mol. The van der Waals surface area contributed by atoms with Crippen molar-refractivity contribution in [1.29, 1.82) is 0 Å². The van der Waals surface area contributed by atoms with Gasteiger partial charge in [-0.05, 0) is 29.3 Å². The molecule has 27 heavy (non-hydrogen) atoms. The van der Waals surface area contributed by atoms with Crippen molar-refractivity contribution in [2.45, 2.75) is 6.54 Å². The van der Waals surface area contributed by atoms with E-state index in [1.165, 1.54) is 0 Å². The lowest BCUT2D eigenvalue weighted by molar-refractivity contribution is -0.159. The molecule has 0 radical (unpaired) electrons. The van der Waals surface area contributed by atoms with Crippen LogP contribution >= 0.6 is 15.9 Å². The van der Waals surface area contributed by atoms with Gasteiger partial charge in [0.25, 0.3) is 0 Å². The van der Waals surface area contributed by atoms with E-state index in [0.29, 0.717) is 6.54 Å². The second-order valence-electron chi connectivity index (χ2n) is 5.36. The zero-order valence-corrected chi connectivity index (χ0v) is 15.9. The summed E-state index contributed by atoms with van der Waals surface area (Å²) in [6.45, 7) is 0.707. The molecule has 3 aromatic rings. The molecule has 9 heteroatoms. The zero-order chi connectivity index (χ0) is 19.8. The van der Waals surface area contributed by atoms with Gasteiger partial charge in [0.1, 0.15) is 0 Å². The molecule has 3 N–H and O–H groups in total. The molecule has 0 amide bonds. The van der Waals surface area contributed by atoms with Crippen LogP contribution in [0.3, 0.4) is 0 Å². The van der Waals surface area contributed by atoms with Crippen LogP contribution in [0.4, 0.5) is 5.95 Å². The highest BCUT2D eigenvalue weighted by Gasteiger charge is 2.08. The molecule has 0 aliphatic carbocycles. The van der Waals surface area contributed by atoms with Crippen LogP contribution in [-0.4, -0.2) is 36.7 Å². The molecule has 2 aromatic heterocycles. The van der Waals surface area contributed by atoms with Crippen LogP contribution in [0.2, 0.25) is 0 Å². The maximum Gasteiger partial charge on any atom is 0.414 e. The topological polar surface area (TPSA) is 117 Å². The van der Waals surface area contributed by atoms with Gasteiger partial charge in [0.2, 0.25) is 5.95 Å². The highest BCUT2D eigenvalue weighted by atomic mass is 79.9. The number of nitrogens with one attached hydrogen (secondary N) is 1. The molecular weight excluding hydrogens is 416 g/mol. The number of halogens is 1. The third-order valence-corrected chi connectivity index (χ3v) is 4.01. The number of rotatable bonds is 4. The van der Waals surface area contributed by atoms with Crippen LogP contribution in [0, 0.1) is 0 Å². The molecule has 1 aromatic carbocycles. The minimum Gasteiger partial charge on any atom is -0.473 e. The van der Waals surface area contributed by atoms with E-state index in [0.717, 1.165) is 27.2 Å². The minimum atomic E-state index is -1.82. The van der Waals surface area contributed by atoms with Gasteiger partial charge in [-0.25, -0.2) is 14.6 Å². The number of hydrogen-bond donors (Lipinski definition) is 3. The van der Waals surface area contributed by atoms with Gasteiger partial charge in [-0.3, -0.25) is 4.98 Å². The molecule has 2 heterocycles. The summed E-state index contributed by atoms with van der Waals surface area (Å²) in [5, 5.41) is 18.1. The molecular formula is C18H17BrN4O4. The SMILES string of the molecule is Cn1c(-c2ccc(Br)cc2)cnc1NCc1cccnc1.O=C(O)C(=O)O. The minimum absolute atomic E-state index is 0.707. The Kier molecular flexibility index (Phi) is 7.07. The second kappa shape index (κ2) is 9.48. The first kappa shape index (κ1) is 20.1. The molecule has 140 valence electrons. The van der Waals surface area contributed by atoms with Gasteiger partial charge < -0.3 is 20.1 Å². The summed E-state index contributed by atoms with van der Waals surface area (Å²) in [6.07, 6.45) is 5.51. The summed E-state index contributed by atoms with van der Waals surface area (Å²) in [6, 6.07) is 12.2. The Morgan fingerprint density at radius 2 is 1.78 bits per heavy atom. The number of aliphatic carboxylic acids is 2. The van der Waals surface area contributed by atoms with Crippen molar-refractivity contribution in [1.82, 2.24) is 14.5 Å². The lowest BCUT2D eigenvalue weighted by Crippen LogP contribution is -2.09. The number of carbonyl (C=O) groups is 2. The molecule has 0 bridgehead atoms. The van der Waals surface area contributed by atoms with E-state index in [1.807, 2.05) is 43.7 Å². The summed E-state index contributed by atoms with van der Waals surface area (Å²) in [4.78, 5) is 26.8. The quantitative estimate of drug-likeness (QED) is 0.542. The molecule has 0 fully saturated rings. The van der Waals surface area contributed by atoms with E-state index < -0.39 is 11.9 Å². The summed E-state index contributed by atoms with van der Waals surface area (Å²) < 4.78 is 3.13. The molecule has 0 saturated carbocycles. The summed E-state index contributed by atoms with van der Waals surface area (Å²) >= 11 is 3.45. The van der Waals surface area contributed by atoms with Gasteiger partial charge in [-0.15, -0.1) is 0 Å². The molecule has 0 atom stereocenters. The second-order valence-corrected chi connectivity index (χ2v) is 6.27. The first-order valence-electron chi connectivity index (χ1n) is 7.75. The number of aromatic nitrogens is 3. The van der Waals surface area contributed by atoms with Crippen molar-refractivity contribution in [2.75, 3.05) is 5.32 Å². The highest BCUT2D eigenvalue weighted by molar-refractivity contribution is 9.10. The van der Waals surface area contributed by atoms with Crippen molar-refractivity contribution in [3.63, 3.8) is 0 Å². The van der Waals surface area contributed by atoms with Gasteiger partial charge in [-0.2, -0.15) is 0 Å². The molecule has 3 rings (SSSR count). The van der Waals surface area contributed by atoms with Gasteiger partial charge in [0, 0.05) is 30.5 Å². The first-order chi connectivity index (χ1) is 12.9. The predicted octanol–water partition coefficient (Wildman–Crippen LogP) is 3.01. The molecule has 0 spiro atoms. The van der Waals surface area contributed by atoms with Crippen molar-refractivity contribution < 1.29 is 19.8 Å². The van der Waals surface area contributed by atoms with Crippen LogP contribution in [0.15, 0.2) is 59.5 Å². The number of imidazole rings is 1. The van der Waals surface area contributed by atoms with Crippen molar-refractivity contribution in [2.24, 2.45) is 7.05 Å². The third kappa shape index (κ3) is 5.93. The Bertz CT molecular complexity index is 899. The molecule has 0 aliphatic heterocycles. The van der Waals surface area contributed by atoms with E-state index in [1.54, 1.807) is 6.20 Å². The number of benzene rings is 1. The van der Waals surface area contributed by atoms with Crippen LogP contribution in [0.5, 0.6) is 0 Å². The Hall–Kier alpha value is -3.20. The average molecular weight is 433 g/mol. The summed E-state index contributed by atoms with van der Waals surface area (Å²) in [5.41, 5.74) is 3.35. The van der Waals surface area contributed by atoms with E-state index in [9.17, 15) is 0 Å². The number of nitrogens with zero attached hydrogens (tertiary/aromatic N) is 3. The van der Waals surface area contributed by atoms with Gasteiger partial charge in [-0.1, -0.05) is 34.1 Å². The lowest BCUT2D eigenvalue weighted by atomic mass is 10.2. The van der Waals surface area contributed by atoms with Crippen molar-refractivity contribution >= 4 is 33.8 Å². The lowest BCUT2D eigenvalue weighted by Gasteiger charge is -2.08. The fourth-order valence-corrected chi connectivity index (χ4v) is 2.41. The number of carboxylic acid groups (broad SMARTS) is 2. The van der Waals surface area contributed by atoms with Crippen LogP contribution < -0.4 is 5.32 Å². The van der Waals surface area contributed by atoms with Gasteiger partial charge in [0.05, 0.1) is 11.9 Å². The highest BCUT2D eigenvalue weighted by Crippen LogP contribution is 2.23. The Morgan fingerprint density at radius 3 is 2.33 bits per heavy atom. The van der Waals surface area contributed by atoms with Gasteiger partial charge in [0.15, 0.2) is 0 Å². The number of anilines is 1. The fraction of sp³-hybridized carbons (Fsp3) is 0.111. The molecule has 8 nitrogen and oxygen atoms in total. The molecule has 0 aliphatic rings. The standard InChI is InChI=1S/C16H15BrN4.C2H2O4/c1-21-15(13-4-6-14(17)7-5-13)11-20-16(21)19-10-12-3-2-8-18-9-12;3-1(4)2(5)6/h2-9,11H,10H2,1H3,(H,19,20);(H,3,4)(H,5,6). The van der Waals surface area contributed by atoms with E-state index in [-0.39, 0.29) is 0 Å². The largest absolute Gasteiger partial charge is 0.473 e. The zero-order valence-electron chi connectivity index (χ0n) is 14.3. The Morgan fingerprint density at radius 1 is 1.11 bits per heavy atom. The van der Waals surface area contributed by atoms with Gasteiger partial charge >= 0.3 is 11.9 Å². The molecule has 0 unspecified atom stereocenters. The van der Waals surface area contributed by atoms with E-state index in [2.05, 4.69) is 47.9 Å². The maximum atomic E-state index is 9.10. The summed E-state index contributed by atoms with van der Waals surface area (Å²) in [7, 11) is 2.01. The Labute approximate surface area is 163 Å². The maximum absolute atomic E-state index is 9.10. The van der Waals surface area contributed by atoms with E-state index >= 15 is 0 Å². The first-order valence-corrected chi connectivity index (χ1v) is 8.54. The van der Waals surface area contributed by atoms with Crippen LogP contribution in [-0.2, 0) is 23.2 Å². The third-order valence-electron chi connectivity index (χ3n) is 3.48. The summed E-state index contributed by atoms with van der Waals surface area (Å²) in [5.74, 6) is -2.80. The van der Waals surface area contributed by atoms with Crippen LogP contribution in [0.25, 0.3) is 11.3 Å².